The molecule has 1 aromatic carbocycles. The summed E-state index contributed by atoms with van der Waals surface area (Å²) in [5.74, 6) is 2.20. The molecule has 2 heterocycles. The molecule has 1 atom stereocenters. The summed E-state index contributed by atoms with van der Waals surface area (Å²) in [6.45, 7) is 4.99. The minimum Gasteiger partial charge on any atom is -0.382 e. The van der Waals surface area contributed by atoms with Crippen molar-refractivity contribution in [2.75, 3.05) is 11.5 Å². The van der Waals surface area contributed by atoms with E-state index in [1.807, 2.05) is 37.3 Å². The molecule has 0 fully saturated rings. The molecule has 0 saturated carbocycles. The quantitative estimate of drug-likeness (QED) is 0.658. The molecule has 2 aromatic heterocycles. The van der Waals surface area contributed by atoms with Crippen LogP contribution in [0.15, 0.2) is 41.4 Å². The second-order valence-corrected chi connectivity index (χ2v) is 7.70. The van der Waals surface area contributed by atoms with Crippen molar-refractivity contribution in [1.29, 1.82) is 0 Å². The Morgan fingerprint density at radius 3 is 2.68 bits per heavy atom. The van der Waals surface area contributed by atoms with Crippen molar-refractivity contribution in [3.05, 3.63) is 47.9 Å². The summed E-state index contributed by atoms with van der Waals surface area (Å²) >= 11 is 0. The van der Waals surface area contributed by atoms with E-state index in [0.29, 0.717) is 11.6 Å². The first kappa shape index (κ1) is 17.6. The minimum absolute atomic E-state index is 0.485. The Hall–Kier alpha value is -2.21. The lowest BCUT2D eigenvalue weighted by Gasteiger charge is -2.10. The van der Waals surface area contributed by atoms with E-state index in [1.54, 1.807) is 6.20 Å². The van der Waals surface area contributed by atoms with Gasteiger partial charge in [0.1, 0.15) is 11.3 Å². The Labute approximate surface area is 150 Å². The summed E-state index contributed by atoms with van der Waals surface area (Å²) in [6, 6.07) is 9.65. The number of nitrogens with zero attached hydrogens (tertiary/aromatic N) is 3. The Morgan fingerprint density at radius 1 is 1.20 bits per heavy atom. The fraction of sp³-hybridized carbons (Fsp3) is 0.368. The van der Waals surface area contributed by atoms with Crippen molar-refractivity contribution in [1.82, 2.24) is 14.5 Å². The molecule has 3 rings (SSSR count). The third kappa shape index (κ3) is 3.74. The van der Waals surface area contributed by atoms with Gasteiger partial charge in [0.2, 0.25) is 0 Å². The van der Waals surface area contributed by atoms with Crippen LogP contribution in [-0.4, -0.2) is 24.5 Å². The highest BCUT2D eigenvalue weighted by molar-refractivity contribution is 7.85. The highest BCUT2D eigenvalue weighted by Crippen LogP contribution is 2.24. The van der Waals surface area contributed by atoms with Crippen LogP contribution in [0.2, 0.25) is 0 Å². The standard InChI is InChI=1S/C19H24N4OS/c1-3-16-22-17-18(14(2)13-21-19(17)20)23(16)11-7-8-12-25(24)15-9-5-4-6-10-15/h4-6,9-10,13H,3,7-8,11-12H2,1-2H3,(H2,20,21). The van der Waals surface area contributed by atoms with Gasteiger partial charge in [-0.15, -0.1) is 0 Å². The van der Waals surface area contributed by atoms with E-state index in [0.717, 1.165) is 53.1 Å². The number of aryl methyl sites for hydroxylation is 3. The topological polar surface area (TPSA) is 73.8 Å². The molecular formula is C19H24N4OS. The largest absolute Gasteiger partial charge is 0.382 e. The molecule has 5 nitrogen and oxygen atoms in total. The van der Waals surface area contributed by atoms with E-state index in [9.17, 15) is 4.21 Å². The summed E-state index contributed by atoms with van der Waals surface area (Å²) in [6.07, 6.45) is 4.52. The molecule has 0 bridgehead atoms. The number of hydrogen-bond donors (Lipinski definition) is 1. The van der Waals surface area contributed by atoms with Crippen LogP contribution in [0.1, 0.15) is 31.2 Å². The predicted octanol–water partition coefficient (Wildman–Crippen LogP) is 3.47. The number of pyridine rings is 1. The van der Waals surface area contributed by atoms with Crippen molar-refractivity contribution in [2.45, 2.75) is 44.6 Å². The molecule has 0 radical (unpaired) electrons. The van der Waals surface area contributed by atoms with Crippen LogP contribution < -0.4 is 5.73 Å². The number of imidazole rings is 1. The summed E-state index contributed by atoms with van der Waals surface area (Å²) < 4.78 is 14.6. The van der Waals surface area contributed by atoms with Crippen molar-refractivity contribution in [3.8, 4) is 0 Å². The van der Waals surface area contributed by atoms with Crippen LogP contribution in [-0.2, 0) is 23.8 Å². The lowest BCUT2D eigenvalue weighted by Crippen LogP contribution is -2.06. The van der Waals surface area contributed by atoms with E-state index >= 15 is 0 Å². The molecule has 25 heavy (non-hydrogen) atoms. The van der Waals surface area contributed by atoms with Gasteiger partial charge in [0.15, 0.2) is 5.82 Å². The van der Waals surface area contributed by atoms with Crippen LogP contribution in [0.3, 0.4) is 0 Å². The SMILES string of the molecule is CCc1nc2c(N)ncc(C)c2n1CCCCS(=O)c1ccccc1. The van der Waals surface area contributed by atoms with Crippen LogP contribution >= 0.6 is 0 Å². The Bertz CT molecular complexity index is 889. The maximum Gasteiger partial charge on any atom is 0.151 e. The van der Waals surface area contributed by atoms with E-state index in [4.69, 9.17) is 5.73 Å². The third-order valence-electron chi connectivity index (χ3n) is 4.34. The first-order chi connectivity index (χ1) is 12.1. The predicted molar refractivity (Wildman–Crippen MR) is 103 cm³/mol. The van der Waals surface area contributed by atoms with E-state index in [1.165, 1.54) is 0 Å². The third-order valence-corrected chi connectivity index (χ3v) is 5.80. The maximum atomic E-state index is 12.3. The highest BCUT2D eigenvalue weighted by atomic mass is 32.2. The Kier molecular flexibility index (Phi) is 5.48. The van der Waals surface area contributed by atoms with Crippen molar-refractivity contribution in [3.63, 3.8) is 0 Å². The van der Waals surface area contributed by atoms with Gasteiger partial charge in [0, 0.05) is 29.8 Å². The molecule has 0 aliphatic rings. The number of nitrogen functional groups attached to an aromatic ring is 1. The van der Waals surface area contributed by atoms with E-state index < -0.39 is 10.8 Å². The number of fused-ring (bicyclic) bond motifs is 1. The number of hydrogen-bond acceptors (Lipinski definition) is 4. The van der Waals surface area contributed by atoms with Crippen molar-refractivity contribution < 1.29 is 4.21 Å². The molecule has 0 amide bonds. The van der Waals surface area contributed by atoms with Crippen LogP contribution in [0.4, 0.5) is 5.82 Å². The molecule has 0 aliphatic carbocycles. The van der Waals surface area contributed by atoms with Gasteiger partial charge >= 0.3 is 0 Å². The smallest absolute Gasteiger partial charge is 0.151 e. The van der Waals surface area contributed by atoms with Crippen molar-refractivity contribution >= 4 is 27.7 Å². The minimum atomic E-state index is -0.929. The Balaban J connectivity index is 1.69. The molecule has 1 unspecified atom stereocenters. The summed E-state index contributed by atoms with van der Waals surface area (Å²) in [7, 11) is -0.929. The summed E-state index contributed by atoms with van der Waals surface area (Å²) in [5.41, 5.74) is 8.95. The maximum absolute atomic E-state index is 12.3. The number of benzene rings is 1. The molecular weight excluding hydrogens is 332 g/mol. The zero-order chi connectivity index (χ0) is 17.8. The van der Waals surface area contributed by atoms with Gasteiger partial charge in [0.05, 0.1) is 16.3 Å². The molecule has 132 valence electrons. The number of rotatable bonds is 7. The molecule has 0 aliphatic heterocycles. The number of nitrogens with two attached hydrogens (primary N) is 1. The summed E-state index contributed by atoms with van der Waals surface area (Å²) in [5, 5.41) is 0. The molecule has 3 aromatic rings. The second kappa shape index (κ2) is 7.78. The van der Waals surface area contributed by atoms with E-state index in [-0.39, 0.29) is 0 Å². The normalized spacial score (nSPS) is 12.6. The van der Waals surface area contributed by atoms with Gasteiger partial charge in [-0.3, -0.25) is 4.21 Å². The molecule has 2 N–H and O–H groups in total. The first-order valence-electron chi connectivity index (χ1n) is 8.65. The second-order valence-electron chi connectivity index (χ2n) is 6.13. The lowest BCUT2D eigenvalue weighted by atomic mass is 10.2. The average molecular weight is 356 g/mol. The van der Waals surface area contributed by atoms with Gasteiger partial charge in [-0.1, -0.05) is 25.1 Å². The van der Waals surface area contributed by atoms with Crippen LogP contribution in [0, 0.1) is 6.92 Å². The van der Waals surface area contributed by atoms with E-state index in [2.05, 4.69) is 21.5 Å². The average Bonchev–Trinajstić information content (AvgIpc) is 3.02. The summed E-state index contributed by atoms with van der Waals surface area (Å²) in [4.78, 5) is 9.78. The number of unbranched alkanes of at least 4 members (excludes halogenated alkanes) is 1. The lowest BCUT2D eigenvalue weighted by molar-refractivity contribution is 0.616. The molecule has 6 heteroatoms. The zero-order valence-corrected chi connectivity index (χ0v) is 15.6. The first-order valence-corrected chi connectivity index (χ1v) is 9.97. The van der Waals surface area contributed by atoms with Gasteiger partial charge in [-0.05, 0) is 37.5 Å². The molecule has 0 spiro atoms. The van der Waals surface area contributed by atoms with Gasteiger partial charge < -0.3 is 10.3 Å². The number of anilines is 1. The van der Waals surface area contributed by atoms with Crippen LogP contribution in [0.5, 0.6) is 0 Å². The van der Waals surface area contributed by atoms with Gasteiger partial charge in [0.25, 0.3) is 0 Å². The van der Waals surface area contributed by atoms with Crippen LogP contribution in [0.25, 0.3) is 11.0 Å². The highest BCUT2D eigenvalue weighted by Gasteiger charge is 2.14. The monoisotopic (exact) mass is 356 g/mol. The fourth-order valence-electron chi connectivity index (χ4n) is 3.07. The molecule has 0 saturated heterocycles. The van der Waals surface area contributed by atoms with Crippen molar-refractivity contribution in [2.24, 2.45) is 0 Å². The van der Waals surface area contributed by atoms with Gasteiger partial charge in [-0.25, -0.2) is 9.97 Å². The fourth-order valence-corrected chi connectivity index (χ4v) is 4.23. The Morgan fingerprint density at radius 2 is 1.96 bits per heavy atom. The zero-order valence-electron chi connectivity index (χ0n) is 14.7. The van der Waals surface area contributed by atoms with Gasteiger partial charge in [-0.2, -0.15) is 0 Å². The number of aromatic nitrogens is 3.